The van der Waals surface area contributed by atoms with Crippen LogP contribution in [0.2, 0.25) is 0 Å². The van der Waals surface area contributed by atoms with Gasteiger partial charge in [-0.15, -0.1) is 29.7 Å². The van der Waals surface area contributed by atoms with E-state index in [-0.39, 0.29) is 66.2 Å². The van der Waals surface area contributed by atoms with Gasteiger partial charge in [-0.25, -0.2) is 4.98 Å². The minimum atomic E-state index is -4.92. The van der Waals surface area contributed by atoms with Crippen LogP contribution < -0.4 is 9.30 Å². The Morgan fingerprint density at radius 3 is 1.91 bits per heavy atom. The van der Waals surface area contributed by atoms with Gasteiger partial charge in [0.2, 0.25) is 0 Å². The summed E-state index contributed by atoms with van der Waals surface area (Å²) in [6.07, 6.45) is -5.63. The molecule has 0 N–H and O–H groups in total. The Bertz CT molecular complexity index is 6570. The van der Waals surface area contributed by atoms with Crippen molar-refractivity contribution in [3.8, 4) is 84.3 Å². The Kier molecular flexibility index (Phi) is 5.90. The first kappa shape index (κ1) is 23.2. The van der Waals surface area contributed by atoms with Gasteiger partial charge in [-0.1, -0.05) is 202 Å². The number of aromatic nitrogens is 4. The first-order chi connectivity index (χ1) is 57.2. The van der Waals surface area contributed by atoms with Crippen LogP contribution in [-0.4, -0.2) is 14.1 Å². The van der Waals surface area contributed by atoms with Gasteiger partial charge >= 0.3 is 0 Å². The minimum absolute atomic E-state index is 0. The molecule has 3 aromatic heterocycles. The van der Waals surface area contributed by atoms with Crippen molar-refractivity contribution in [1.29, 1.82) is 0 Å². The molecule has 0 saturated carbocycles. The van der Waals surface area contributed by atoms with E-state index in [4.69, 9.17) is 40.4 Å². The molecule has 0 amide bonds. The van der Waals surface area contributed by atoms with Crippen molar-refractivity contribution in [2.75, 3.05) is 0 Å². The summed E-state index contributed by atoms with van der Waals surface area (Å²) in [5, 5.41) is 1.08. The maximum Gasteiger partial charge on any atom is 0.268 e. The first-order valence-corrected chi connectivity index (χ1v) is 24.5. The summed E-state index contributed by atoms with van der Waals surface area (Å²) in [6, 6.07) is 4.39. The van der Waals surface area contributed by atoms with Gasteiger partial charge in [0.15, 0.2) is 0 Å². The van der Waals surface area contributed by atoms with Gasteiger partial charge in [-0.2, -0.15) is 18.2 Å². The number of benzene rings is 10. The molecule has 0 fully saturated rings. The van der Waals surface area contributed by atoms with Crippen LogP contribution in [0.25, 0.3) is 106 Å². The normalized spacial score (nSPS) is 23.2. The van der Waals surface area contributed by atoms with Crippen LogP contribution in [-0.2, 0) is 31.9 Å². The number of pyridine rings is 1. The summed E-state index contributed by atoms with van der Waals surface area (Å²) in [5.74, 6) is -0.281. The van der Waals surface area contributed by atoms with Crippen molar-refractivity contribution in [2.45, 2.75) is 64.7 Å². The molecule has 0 unspecified atom stereocenters. The first-order valence-electron chi connectivity index (χ1n) is 46.0. The number of nitrogens with zero attached hydrogens (tertiary/aromatic N) is 4. The zero-order valence-corrected chi connectivity index (χ0v) is 44.1. The number of hydrogen-bond donors (Lipinski definition) is 0. The number of para-hydroxylation sites is 3. The van der Waals surface area contributed by atoms with E-state index >= 15 is 0 Å². The van der Waals surface area contributed by atoms with Gasteiger partial charge in [0.25, 0.3) is 6.33 Å². The van der Waals surface area contributed by atoms with Gasteiger partial charge in [-0.3, -0.25) is 4.57 Å². The Morgan fingerprint density at radius 1 is 0.561 bits per heavy atom. The van der Waals surface area contributed by atoms with E-state index in [0.717, 1.165) is 10.8 Å². The maximum atomic E-state index is 10.5. The average Bonchev–Trinajstić information content (AvgIpc) is 0.866. The van der Waals surface area contributed by atoms with Crippen LogP contribution in [0.4, 0.5) is 0 Å². The van der Waals surface area contributed by atoms with Gasteiger partial charge in [0, 0.05) is 80.0 Å². The van der Waals surface area contributed by atoms with Crippen molar-refractivity contribution in [1.82, 2.24) is 14.1 Å². The zero-order chi connectivity index (χ0) is 91.8. The molecule has 0 spiro atoms. The Hall–Kier alpha value is -8.89. The summed E-state index contributed by atoms with van der Waals surface area (Å²) < 4.78 is 404. The zero-order valence-electron chi connectivity index (χ0n) is 84.8. The Morgan fingerprint density at radius 2 is 1.21 bits per heavy atom. The molecule has 6 heteroatoms. The Labute approximate surface area is 555 Å². The van der Waals surface area contributed by atoms with Crippen LogP contribution in [0.5, 0.6) is 11.5 Å². The molecular weight excluding hydrogens is 1180 g/mol. The molecule has 3 heterocycles. The molecule has 5 nitrogen and oxygen atoms in total. The van der Waals surface area contributed by atoms with Gasteiger partial charge < -0.3 is 13.9 Å². The van der Waals surface area contributed by atoms with Crippen LogP contribution in [0.15, 0.2) is 230 Å². The van der Waals surface area contributed by atoms with E-state index in [9.17, 15) is 23.3 Å². The van der Waals surface area contributed by atoms with E-state index in [1.165, 1.54) is 63.7 Å². The number of rotatable bonds is 10. The predicted molar refractivity (Wildman–Crippen MR) is 332 cm³/mol. The molecule has 1 aliphatic carbocycles. The fourth-order valence-electron chi connectivity index (χ4n) is 9.75. The minimum Gasteiger partial charge on any atom is -0.510 e. The van der Waals surface area contributed by atoms with Crippen LogP contribution in [0.3, 0.4) is 0 Å². The van der Waals surface area contributed by atoms with E-state index in [0.29, 0.717) is 28.4 Å². The standard InChI is InChI=1S/C76H60N4O.Pt/c1-50-39-64(55-33-36-67-68(45-55)76(5,6)38-37-75(67,3)4)74(65(40-50)58-43-56(52-21-10-7-11-22-52)42-57(44-58)53-23-12-8-13-24-53)79-49-78(70-31-18-19-32-71(70)79)59-27-20-28-60(46-59)81-61-34-35-63-62-29-16-17-30-69(62)80(72(63)47-61)73-41-51(2)66(48-77-73)54-25-14-9-15-26-54;/h7-36,39-45,48H,37-38H2,1-6H3;/q-2;/i1D3,2D3,3D3,4D3,5D3,6D3,7D,8D,9D,10D,11D,12D,13D,14D,15D,21D,22D,23D,24D,25D,26D,33D,36D,37D2,38D2,42D,43D,44D,45D;. The molecule has 1 aliphatic rings. The summed E-state index contributed by atoms with van der Waals surface area (Å²) >= 11 is 0. The number of imidazole rings is 1. The van der Waals surface area contributed by atoms with E-state index in [2.05, 4.69) is 23.4 Å². The summed E-state index contributed by atoms with van der Waals surface area (Å²) in [6.45, 7) is -25.1. The van der Waals surface area contributed by atoms with Crippen molar-refractivity contribution in [2.24, 2.45) is 0 Å². The van der Waals surface area contributed by atoms with Crippen molar-refractivity contribution >= 4 is 32.8 Å². The molecule has 0 radical (unpaired) electrons. The third-order valence-corrected chi connectivity index (χ3v) is 13.3. The second kappa shape index (κ2) is 20.9. The van der Waals surface area contributed by atoms with E-state index < -0.39 is 270 Å². The summed E-state index contributed by atoms with van der Waals surface area (Å²) in [4.78, 5) is 4.62. The van der Waals surface area contributed by atoms with Crippen molar-refractivity contribution < 1.29 is 89.3 Å². The Balaban J connectivity index is 0.0000134. The van der Waals surface area contributed by atoms with Crippen LogP contribution >= 0.6 is 0 Å². The molecule has 0 bridgehead atoms. The topological polar surface area (TPSA) is 35.9 Å². The van der Waals surface area contributed by atoms with Crippen LogP contribution in [0.1, 0.15) is 121 Å². The quantitative estimate of drug-likeness (QED) is 0.101. The van der Waals surface area contributed by atoms with E-state index in [1.807, 2.05) is 0 Å². The predicted octanol–water partition coefficient (Wildman–Crippen LogP) is 18.9. The number of ether oxygens (including phenoxy) is 1. The fourth-order valence-corrected chi connectivity index (χ4v) is 9.75. The molecule has 0 atom stereocenters. The second-order valence-corrected chi connectivity index (χ2v) is 18.5. The molecule has 0 saturated heterocycles. The second-order valence-electron chi connectivity index (χ2n) is 18.5. The molecule has 402 valence electrons. The monoisotopic (exact) mass is 1280 g/mol. The summed E-state index contributed by atoms with van der Waals surface area (Å²) in [7, 11) is 0. The van der Waals surface area contributed by atoms with Gasteiger partial charge in [0.1, 0.15) is 5.82 Å². The SMILES string of the molecule is [2H]c1c([2H])c([2H])c(-c2cnc(-n3c4[c-]c(Oc5[c-]c(-n6[c-][n+](-c7c(-c8c([2H])c(-c9c([2H])c([2H])c([2H])c([2H])c9[2H])c([2H])c(-c9c([2H])c([2H])c([2H])c([2H])c9[2H])c8[2H])cc(C([2H])([2H])[2H])cc7-c7c([2H])c([2H])c8c(c7[2H])C(C([2H])([2H])[2H])(C([2H])([2H])[2H])C([2H])([2H])C([2H])([2H])C8(C([2H])([2H])[2H])C([2H])([2H])[2H])c7ccccc76)ccc5)ccc4c4ccccc43)cc2C([2H])([2H])[2H])c([2H])c1[2H].[Pt]. The van der Waals surface area contributed by atoms with E-state index in [1.54, 1.807) is 30.3 Å². The molecule has 13 aromatic rings. The molecule has 10 aromatic carbocycles. The molecule has 82 heavy (non-hydrogen) atoms. The number of fused-ring (bicyclic) bond motifs is 5. The number of aryl methyl sites for hydroxylation is 2. The fraction of sp³-hybridized carbons (Fsp3) is 0.132. The molecule has 14 rings (SSSR count). The van der Waals surface area contributed by atoms with Crippen LogP contribution in [0, 0.1) is 32.2 Å². The molecule has 0 aliphatic heterocycles. The third kappa shape index (κ3) is 9.37. The maximum absolute atomic E-state index is 10.5. The summed E-state index contributed by atoms with van der Waals surface area (Å²) in [5.41, 5.74) is -25.3. The number of hydrogen-bond acceptors (Lipinski definition) is 2. The molecular formula is C76H60N4OPt-2. The van der Waals surface area contributed by atoms with Gasteiger partial charge in [0.05, 0.1) is 45.5 Å². The third-order valence-electron chi connectivity index (χ3n) is 13.3. The van der Waals surface area contributed by atoms with Gasteiger partial charge in [-0.05, 0) is 145 Å². The smallest absolute Gasteiger partial charge is 0.268 e. The van der Waals surface area contributed by atoms with Crippen molar-refractivity contribution in [3.63, 3.8) is 0 Å². The largest absolute Gasteiger partial charge is 0.510 e. The van der Waals surface area contributed by atoms with Crippen molar-refractivity contribution in [3.05, 3.63) is 271 Å². The average molecular weight is 1280 g/mol.